The predicted molar refractivity (Wildman–Crippen MR) is 65.7 cm³/mol. The quantitative estimate of drug-likeness (QED) is 0.615. The number of rotatable bonds is 6. The summed E-state index contributed by atoms with van der Waals surface area (Å²) < 4.78 is 5.04. The Morgan fingerprint density at radius 3 is 1.71 bits per heavy atom. The average Bonchev–Trinajstić information content (AvgIpc) is 2.15. The van der Waals surface area contributed by atoms with Gasteiger partial charge in [0.1, 0.15) is 0 Å². The zero-order valence-corrected chi connectivity index (χ0v) is 11.1. The van der Waals surface area contributed by atoms with Gasteiger partial charge in [0.2, 0.25) is 0 Å². The van der Waals surface area contributed by atoms with E-state index in [1.54, 1.807) is 7.11 Å². The van der Waals surface area contributed by atoms with E-state index in [4.69, 9.17) is 4.74 Å². The Kier molecular flexibility index (Phi) is 15.2. The van der Waals surface area contributed by atoms with Crippen molar-refractivity contribution in [3.05, 3.63) is 0 Å². The summed E-state index contributed by atoms with van der Waals surface area (Å²) in [5.74, 6) is 1.67. The van der Waals surface area contributed by atoms with Crippen LogP contribution >= 0.6 is 0 Å². The Hall–Kier alpha value is -0.0400. The van der Waals surface area contributed by atoms with Gasteiger partial charge in [0.25, 0.3) is 0 Å². The summed E-state index contributed by atoms with van der Waals surface area (Å²) in [4.78, 5) is 0. The first-order valence-electron chi connectivity index (χ1n) is 6.12. The number of methoxy groups -OCH3 is 1. The molecule has 0 saturated carbocycles. The molecule has 0 spiro atoms. The maximum absolute atomic E-state index is 5.04. The molecule has 0 radical (unpaired) electrons. The molecule has 2 unspecified atom stereocenters. The van der Waals surface area contributed by atoms with Gasteiger partial charge in [0, 0.05) is 13.7 Å². The summed E-state index contributed by atoms with van der Waals surface area (Å²) in [5, 5.41) is 0. The van der Waals surface area contributed by atoms with E-state index in [9.17, 15) is 0 Å². The van der Waals surface area contributed by atoms with Gasteiger partial charge in [0.05, 0.1) is 0 Å². The Bertz CT molecular complexity index is 91.2. The third-order valence-corrected chi connectivity index (χ3v) is 2.49. The van der Waals surface area contributed by atoms with Crippen LogP contribution in [0.1, 0.15) is 60.3 Å². The van der Waals surface area contributed by atoms with Crippen LogP contribution in [0, 0.1) is 11.8 Å². The van der Waals surface area contributed by atoms with Crippen molar-refractivity contribution in [1.29, 1.82) is 0 Å². The summed E-state index contributed by atoms with van der Waals surface area (Å²) >= 11 is 0. The van der Waals surface area contributed by atoms with Crippen LogP contribution in [0.25, 0.3) is 0 Å². The van der Waals surface area contributed by atoms with E-state index in [1.165, 1.54) is 25.7 Å². The fourth-order valence-corrected chi connectivity index (χ4v) is 1.33. The van der Waals surface area contributed by atoms with Crippen LogP contribution in [0.5, 0.6) is 0 Å². The SMILES string of the molecule is CCC.CCCC(C)C(C)CCOC. The van der Waals surface area contributed by atoms with Crippen LogP contribution in [0.3, 0.4) is 0 Å². The highest BCUT2D eigenvalue weighted by Crippen LogP contribution is 2.19. The maximum atomic E-state index is 5.04. The average molecular weight is 202 g/mol. The van der Waals surface area contributed by atoms with Crippen LogP contribution in [0.15, 0.2) is 0 Å². The minimum Gasteiger partial charge on any atom is -0.385 e. The van der Waals surface area contributed by atoms with Crippen molar-refractivity contribution in [2.75, 3.05) is 13.7 Å². The van der Waals surface area contributed by atoms with Crippen LogP contribution in [-0.4, -0.2) is 13.7 Å². The van der Waals surface area contributed by atoms with Gasteiger partial charge in [-0.05, 0) is 18.3 Å². The molecule has 0 aliphatic rings. The molecule has 14 heavy (non-hydrogen) atoms. The van der Waals surface area contributed by atoms with Gasteiger partial charge in [0.15, 0.2) is 0 Å². The highest BCUT2D eigenvalue weighted by molar-refractivity contribution is 4.60. The Morgan fingerprint density at radius 1 is 0.929 bits per heavy atom. The van der Waals surface area contributed by atoms with Crippen molar-refractivity contribution >= 4 is 0 Å². The monoisotopic (exact) mass is 202 g/mol. The van der Waals surface area contributed by atoms with Crippen molar-refractivity contribution in [1.82, 2.24) is 0 Å². The molecule has 0 fully saturated rings. The Balaban J connectivity index is 0. The summed E-state index contributed by atoms with van der Waals surface area (Å²) in [6.07, 6.45) is 5.11. The van der Waals surface area contributed by atoms with E-state index in [0.29, 0.717) is 0 Å². The first-order valence-corrected chi connectivity index (χ1v) is 6.12. The third kappa shape index (κ3) is 12.0. The second-order valence-corrected chi connectivity index (χ2v) is 4.23. The molecule has 0 aromatic rings. The summed E-state index contributed by atoms with van der Waals surface area (Å²) in [6.45, 7) is 12.1. The van der Waals surface area contributed by atoms with Crippen molar-refractivity contribution in [3.63, 3.8) is 0 Å². The number of ether oxygens (including phenoxy) is 1. The molecule has 0 aromatic heterocycles. The predicted octanol–water partition coefficient (Wildman–Crippen LogP) is 4.51. The topological polar surface area (TPSA) is 9.23 Å². The lowest BCUT2D eigenvalue weighted by atomic mass is 9.90. The summed E-state index contributed by atoms with van der Waals surface area (Å²) in [5.41, 5.74) is 0. The van der Waals surface area contributed by atoms with Gasteiger partial charge in [-0.1, -0.05) is 53.9 Å². The fourth-order valence-electron chi connectivity index (χ4n) is 1.33. The molecule has 1 nitrogen and oxygen atoms in total. The maximum Gasteiger partial charge on any atom is 0.0464 e. The first kappa shape index (κ1) is 16.4. The van der Waals surface area contributed by atoms with Crippen LogP contribution in [0.4, 0.5) is 0 Å². The van der Waals surface area contributed by atoms with Gasteiger partial charge in [-0.2, -0.15) is 0 Å². The number of hydrogen-bond acceptors (Lipinski definition) is 1. The molecular formula is C13H30O. The summed E-state index contributed by atoms with van der Waals surface area (Å²) in [7, 11) is 1.78. The number of hydrogen-bond donors (Lipinski definition) is 0. The van der Waals surface area contributed by atoms with Crippen molar-refractivity contribution in [2.24, 2.45) is 11.8 Å². The van der Waals surface area contributed by atoms with Crippen molar-refractivity contribution in [3.8, 4) is 0 Å². The molecule has 0 N–H and O–H groups in total. The van der Waals surface area contributed by atoms with E-state index in [0.717, 1.165) is 18.4 Å². The van der Waals surface area contributed by atoms with E-state index in [1.807, 2.05) is 0 Å². The van der Waals surface area contributed by atoms with Gasteiger partial charge >= 0.3 is 0 Å². The highest BCUT2D eigenvalue weighted by atomic mass is 16.5. The van der Waals surface area contributed by atoms with Gasteiger partial charge in [-0.3, -0.25) is 0 Å². The van der Waals surface area contributed by atoms with Gasteiger partial charge in [-0.15, -0.1) is 0 Å². The summed E-state index contributed by atoms with van der Waals surface area (Å²) in [6, 6.07) is 0. The molecule has 0 saturated heterocycles. The fraction of sp³-hybridized carbons (Fsp3) is 1.00. The first-order chi connectivity index (χ1) is 6.63. The lowest BCUT2D eigenvalue weighted by molar-refractivity contribution is 0.166. The molecule has 2 atom stereocenters. The molecule has 0 aliphatic heterocycles. The molecule has 0 aliphatic carbocycles. The van der Waals surface area contributed by atoms with Gasteiger partial charge < -0.3 is 4.74 Å². The molecular weight excluding hydrogens is 172 g/mol. The molecule has 88 valence electrons. The minimum atomic E-state index is 0.815. The molecule has 0 aromatic carbocycles. The normalized spacial score (nSPS) is 14.1. The molecule has 0 heterocycles. The van der Waals surface area contributed by atoms with Crippen molar-refractivity contribution < 1.29 is 4.74 Å². The van der Waals surface area contributed by atoms with E-state index in [2.05, 4.69) is 34.6 Å². The van der Waals surface area contributed by atoms with E-state index in [-0.39, 0.29) is 0 Å². The van der Waals surface area contributed by atoms with Crippen molar-refractivity contribution in [2.45, 2.75) is 60.3 Å². The van der Waals surface area contributed by atoms with Crippen LogP contribution < -0.4 is 0 Å². The third-order valence-electron chi connectivity index (χ3n) is 2.49. The van der Waals surface area contributed by atoms with Crippen LogP contribution in [-0.2, 0) is 4.74 Å². The minimum absolute atomic E-state index is 0.815. The lowest BCUT2D eigenvalue weighted by Gasteiger charge is -2.18. The van der Waals surface area contributed by atoms with E-state index < -0.39 is 0 Å². The zero-order valence-electron chi connectivity index (χ0n) is 11.1. The largest absolute Gasteiger partial charge is 0.385 e. The second kappa shape index (κ2) is 13.0. The lowest BCUT2D eigenvalue weighted by Crippen LogP contribution is -2.09. The standard InChI is InChI=1S/C10H22O.C3H8/c1-5-6-9(2)10(3)7-8-11-4;1-3-2/h9-10H,5-8H2,1-4H3;3H2,1-2H3. The zero-order chi connectivity index (χ0) is 11.4. The second-order valence-electron chi connectivity index (χ2n) is 4.23. The smallest absolute Gasteiger partial charge is 0.0464 e. The molecule has 0 amide bonds. The van der Waals surface area contributed by atoms with E-state index >= 15 is 0 Å². The highest BCUT2D eigenvalue weighted by Gasteiger charge is 2.09. The Labute approximate surface area is 91.2 Å². The molecule has 0 bridgehead atoms. The van der Waals surface area contributed by atoms with Gasteiger partial charge in [-0.25, -0.2) is 0 Å². The molecule has 0 rings (SSSR count). The molecule has 1 heteroatoms. The van der Waals surface area contributed by atoms with Crippen LogP contribution in [0.2, 0.25) is 0 Å². The Morgan fingerprint density at radius 2 is 1.36 bits per heavy atom.